The lowest BCUT2D eigenvalue weighted by atomic mass is 10.2. The van der Waals surface area contributed by atoms with Gasteiger partial charge in [-0.2, -0.15) is 0 Å². The average Bonchev–Trinajstić information content (AvgIpc) is 3.17. The van der Waals surface area contributed by atoms with Crippen LogP contribution in [0.25, 0.3) is 0 Å². The molecule has 0 aliphatic carbocycles. The first kappa shape index (κ1) is 15.0. The molecule has 2 aromatic heterocycles. The standard InChI is InChI=1S/C17H21N3OS/c1-3-13-11-15(22-12(13)2)17(21)19-14-7-6-8-18-16(14)20-9-4-5-10-20/h6-8,11H,3-5,9-10H2,1-2H3,(H,19,21). The van der Waals surface area contributed by atoms with Gasteiger partial charge in [-0.05, 0) is 49.9 Å². The molecule has 22 heavy (non-hydrogen) atoms. The number of aryl methyl sites for hydroxylation is 2. The van der Waals surface area contributed by atoms with Crippen molar-refractivity contribution in [3.05, 3.63) is 39.7 Å². The van der Waals surface area contributed by atoms with Crippen LogP contribution >= 0.6 is 11.3 Å². The molecule has 1 aliphatic heterocycles. The molecule has 1 aliphatic rings. The number of carbonyl (C=O) groups is 1. The van der Waals surface area contributed by atoms with Gasteiger partial charge in [-0.15, -0.1) is 11.3 Å². The van der Waals surface area contributed by atoms with Gasteiger partial charge in [-0.25, -0.2) is 4.98 Å². The molecule has 3 heterocycles. The Kier molecular flexibility index (Phi) is 4.43. The predicted molar refractivity (Wildman–Crippen MR) is 92.1 cm³/mol. The zero-order chi connectivity index (χ0) is 15.5. The van der Waals surface area contributed by atoms with Crippen molar-refractivity contribution in [2.45, 2.75) is 33.1 Å². The molecule has 1 saturated heterocycles. The Labute approximate surface area is 135 Å². The van der Waals surface area contributed by atoms with Gasteiger partial charge in [0.05, 0.1) is 10.6 Å². The first-order valence-corrected chi connectivity index (χ1v) is 8.61. The summed E-state index contributed by atoms with van der Waals surface area (Å²) in [7, 11) is 0. The Morgan fingerprint density at radius 3 is 2.86 bits per heavy atom. The van der Waals surface area contributed by atoms with Gasteiger partial charge in [0, 0.05) is 24.2 Å². The summed E-state index contributed by atoms with van der Waals surface area (Å²) in [6.45, 7) is 6.21. The van der Waals surface area contributed by atoms with Crippen molar-refractivity contribution in [2.24, 2.45) is 0 Å². The van der Waals surface area contributed by atoms with Gasteiger partial charge >= 0.3 is 0 Å². The van der Waals surface area contributed by atoms with Crippen molar-refractivity contribution in [3.8, 4) is 0 Å². The van der Waals surface area contributed by atoms with E-state index < -0.39 is 0 Å². The van der Waals surface area contributed by atoms with Crippen LogP contribution in [0.1, 0.15) is 39.9 Å². The fourth-order valence-corrected chi connectivity index (χ4v) is 3.85. The summed E-state index contributed by atoms with van der Waals surface area (Å²) < 4.78 is 0. The molecule has 1 amide bonds. The molecule has 1 fully saturated rings. The van der Waals surface area contributed by atoms with Crippen LogP contribution in [0.5, 0.6) is 0 Å². The maximum Gasteiger partial charge on any atom is 0.265 e. The van der Waals surface area contributed by atoms with Crippen molar-refractivity contribution in [1.29, 1.82) is 0 Å². The predicted octanol–water partition coefficient (Wildman–Crippen LogP) is 3.87. The molecule has 4 nitrogen and oxygen atoms in total. The zero-order valence-electron chi connectivity index (χ0n) is 13.1. The summed E-state index contributed by atoms with van der Waals surface area (Å²) in [4.78, 5) is 21.2. The lowest BCUT2D eigenvalue weighted by molar-refractivity contribution is 0.103. The third kappa shape index (κ3) is 2.99. The van der Waals surface area contributed by atoms with Crippen LogP contribution in [-0.2, 0) is 6.42 Å². The van der Waals surface area contributed by atoms with Gasteiger partial charge in [0.1, 0.15) is 0 Å². The molecule has 0 unspecified atom stereocenters. The van der Waals surface area contributed by atoms with E-state index in [1.54, 1.807) is 17.5 Å². The minimum absolute atomic E-state index is 0.0405. The Hall–Kier alpha value is -1.88. The molecule has 1 N–H and O–H groups in total. The second kappa shape index (κ2) is 6.48. The number of aromatic nitrogens is 1. The molecule has 2 aromatic rings. The highest BCUT2D eigenvalue weighted by atomic mass is 32.1. The Bertz CT molecular complexity index is 674. The average molecular weight is 315 g/mol. The van der Waals surface area contributed by atoms with E-state index in [1.165, 1.54) is 23.3 Å². The van der Waals surface area contributed by atoms with E-state index in [0.717, 1.165) is 35.9 Å². The lowest BCUT2D eigenvalue weighted by Crippen LogP contribution is -2.22. The molecule has 3 rings (SSSR count). The van der Waals surface area contributed by atoms with Gasteiger partial charge in [0.15, 0.2) is 5.82 Å². The number of hydrogen-bond donors (Lipinski definition) is 1. The van der Waals surface area contributed by atoms with E-state index in [0.29, 0.717) is 0 Å². The van der Waals surface area contributed by atoms with E-state index in [4.69, 9.17) is 0 Å². The topological polar surface area (TPSA) is 45.2 Å². The summed E-state index contributed by atoms with van der Waals surface area (Å²) >= 11 is 1.56. The second-order valence-corrected chi connectivity index (χ2v) is 6.82. The van der Waals surface area contributed by atoms with E-state index in [2.05, 4.69) is 29.0 Å². The number of nitrogens with one attached hydrogen (secondary N) is 1. The molecular weight excluding hydrogens is 294 g/mol. The summed E-state index contributed by atoms with van der Waals surface area (Å²) in [6, 6.07) is 5.80. The highest BCUT2D eigenvalue weighted by Gasteiger charge is 2.19. The first-order valence-electron chi connectivity index (χ1n) is 7.79. The number of rotatable bonds is 4. The van der Waals surface area contributed by atoms with Crippen molar-refractivity contribution < 1.29 is 4.79 Å². The molecule has 0 radical (unpaired) electrons. The summed E-state index contributed by atoms with van der Waals surface area (Å²) in [5.41, 5.74) is 2.06. The molecule has 0 atom stereocenters. The van der Waals surface area contributed by atoms with Gasteiger partial charge in [-0.1, -0.05) is 6.92 Å². The molecule has 116 valence electrons. The Morgan fingerprint density at radius 2 is 2.18 bits per heavy atom. The van der Waals surface area contributed by atoms with Crippen LogP contribution in [0.15, 0.2) is 24.4 Å². The van der Waals surface area contributed by atoms with Gasteiger partial charge in [0.2, 0.25) is 0 Å². The zero-order valence-corrected chi connectivity index (χ0v) is 13.9. The Morgan fingerprint density at radius 1 is 1.41 bits per heavy atom. The molecule has 0 spiro atoms. The fraction of sp³-hybridized carbons (Fsp3) is 0.412. The number of pyridine rings is 1. The first-order chi connectivity index (χ1) is 10.7. The third-order valence-electron chi connectivity index (χ3n) is 4.07. The highest BCUT2D eigenvalue weighted by Crippen LogP contribution is 2.28. The number of carbonyl (C=O) groups excluding carboxylic acids is 1. The summed E-state index contributed by atoms with van der Waals surface area (Å²) in [5.74, 6) is 0.846. The van der Waals surface area contributed by atoms with Crippen LogP contribution in [0.4, 0.5) is 11.5 Å². The van der Waals surface area contributed by atoms with Crippen molar-refractivity contribution in [3.63, 3.8) is 0 Å². The van der Waals surface area contributed by atoms with Crippen LogP contribution < -0.4 is 10.2 Å². The van der Waals surface area contributed by atoms with E-state index in [-0.39, 0.29) is 5.91 Å². The quantitative estimate of drug-likeness (QED) is 0.931. The number of anilines is 2. The smallest absolute Gasteiger partial charge is 0.265 e. The van der Waals surface area contributed by atoms with Crippen LogP contribution in [-0.4, -0.2) is 24.0 Å². The van der Waals surface area contributed by atoms with Crippen LogP contribution in [0, 0.1) is 6.92 Å². The van der Waals surface area contributed by atoms with Crippen molar-refractivity contribution >= 4 is 28.7 Å². The molecular formula is C17H21N3OS. The van der Waals surface area contributed by atoms with Crippen molar-refractivity contribution in [1.82, 2.24) is 4.98 Å². The summed E-state index contributed by atoms with van der Waals surface area (Å²) in [5, 5.41) is 3.04. The normalized spacial score (nSPS) is 14.4. The number of amides is 1. The van der Waals surface area contributed by atoms with Gasteiger partial charge in [-0.3, -0.25) is 4.79 Å². The highest BCUT2D eigenvalue weighted by molar-refractivity contribution is 7.14. The van der Waals surface area contributed by atoms with Gasteiger partial charge in [0.25, 0.3) is 5.91 Å². The number of nitrogens with zero attached hydrogens (tertiary/aromatic N) is 2. The van der Waals surface area contributed by atoms with E-state index >= 15 is 0 Å². The molecule has 0 saturated carbocycles. The SMILES string of the molecule is CCc1cc(C(=O)Nc2cccnc2N2CCCC2)sc1C. The monoisotopic (exact) mass is 315 g/mol. The minimum atomic E-state index is -0.0405. The second-order valence-electron chi connectivity index (χ2n) is 5.57. The third-order valence-corrected chi connectivity index (χ3v) is 5.16. The molecule has 0 bridgehead atoms. The lowest BCUT2D eigenvalue weighted by Gasteiger charge is -2.19. The van der Waals surface area contributed by atoms with Gasteiger partial charge < -0.3 is 10.2 Å². The van der Waals surface area contributed by atoms with Crippen LogP contribution in [0.3, 0.4) is 0 Å². The largest absolute Gasteiger partial charge is 0.355 e. The number of thiophene rings is 1. The maximum atomic E-state index is 12.5. The number of hydrogen-bond acceptors (Lipinski definition) is 4. The van der Waals surface area contributed by atoms with E-state index in [1.807, 2.05) is 18.2 Å². The molecule has 5 heteroatoms. The Balaban J connectivity index is 1.81. The minimum Gasteiger partial charge on any atom is -0.355 e. The summed E-state index contributed by atoms with van der Waals surface area (Å²) in [6.07, 6.45) is 5.12. The van der Waals surface area contributed by atoms with Crippen molar-refractivity contribution in [2.75, 3.05) is 23.3 Å². The van der Waals surface area contributed by atoms with Crippen LogP contribution in [0.2, 0.25) is 0 Å². The van der Waals surface area contributed by atoms with E-state index in [9.17, 15) is 4.79 Å². The fourth-order valence-electron chi connectivity index (χ4n) is 2.84. The molecule has 0 aromatic carbocycles. The maximum absolute atomic E-state index is 12.5.